The normalized spacial score (nSPS) is 14.8. The van der Waals surface area contributed by atoms with Gasteiger partial charge in [0.25, 0.3) is 0 Å². The van der Waals surface area contributed by atoms with Gasteiger partial charge in [-0.25, -0.2) is 13.1 Å². The Kier molecular flexibility index (Phi) is 7.06. The second-order valence-electron chi connectivity index (χ2n) is 7.67. The number of para-hydroxylation sites is 1. The number of amides is 1. The molecule has 3 rings (SSSR count). The zero-order chi connectivity index (χ0) is 21.9. The van der Waals surface area contributed by atoms with Crippen LogP contribution in [-0.2, 0) is 14.8 Å². The van der Waals surface area contributed by atoms with Gasteiger partial charge in [0.1, 0.15) is 0 Å². The first-order valence-electron chi connectivity index (χ1n) is 10.0. The number of piperazine rings is 1. The minimum atomic E-state index is -3.69. The van der Waals surface area contributed by atoms with Crippen LogP contribution in [0.5, 0.6) is 0 Å². The van der Waals surface area contributed by atoms with E-state index < -0.39 is 10.0 Å². The van der Waals surface area contributed by atoms with Gasteiger partial charge in [0.2, 0.25) is 15.9 Å². The Morgan fingerprint density at radius 1 is 1.00 bits per heavy atom. The van der Waals surface area contributed by atoms with E-state index in [1.165, 1.54) is 11.3 Å². The van der Waals surface area contributed by atoms with Crippen LogP contribution in [0.15, 0.2) is 41.3 Å². The van der Waals surface area contributed by atoms with Gasteiger partial charge in [-0.2, -0.15) is 0 Å². The summed E-state index contributed by atoms with van der Waals surface area (Å²) >= 11 is 6.12. The molecule has 1 heterocycles. The molecule has 1 amide bonds. The van der Waals surface area contributed by atoms with Gasteiger partial charge >= 0.3 is 0 Å². The molecule has 0 aliphatic carbocycles. The van der Waals surface area contributed by atoms with E-state index in [4.69, 9.17) is 11.6 Å². The van der Waals surface area contributed by atoms with Crippen LogP contribution in [0, 0.1) is 20.8 Å². The molecule has 162 valence electrons. The van der Waals surface area contributed by atoms with Crippen LogP contribution >= 0.6 is 11.6 Å². The lowest BCUT2D eigenvalue weighted by molar-refractivity contribution is -0.131. The van der Waals surface area contributed by atoms with Crippen molar-refractivity contribution in [3.63, 3.8) is 0 Å². The second-order valence-corrected chi connectivity index (χ2v) is 9.82. The third-order valence-corrected chi connectivity index (χ3v) is 7.48. The third kappa shape index (κ3) is 5.14. The number of nitrogens with zero attached hydrogens (tertiary/aromatic N) is 2. The number of nitrogens with one attached hydrogen (secondary N) is 1. The maximum Gasteiger partial charge on any atom is 0.240 e. The molecule has 0 spiro atoms. The van der Waals surface area contributed by atoms with Gasteiger partial charge in [-0.05, 0) is 55.7 Å². The maximum atomic E-state index is 12.6. The van der Waals surface area contributed by atoms with Crippen molar-refractivity contribution in [2.24, 2.45) is 0 Å². The molecular formula is C22H28ClN3O3S. The Hall–Kier alpha value is -2.09. The van der Waals surface area contributed by atoms with Crippen molar-refractivity contribution in [1.29, 1.82) is 0 Å². The summed E-state index contributed by atoms with van der Waals surface area (Å²) in [7, 11) is -3.69. The average Bonchev–Trinajstić information content (AvgIpc) is 2.72. The fourth-order valence-corrected chi connectivity index (χ4v) is 5.02. The number of sulfonamides is 1. The van der Waals surface area contributed by atoms with Gasteiger partial charge in [0.15, 0.2) is 0 Å². The lowest BCUT2D eigenvalue weighted by atomic mass is 10.1. The largest absolute Gasteiger partial charge is 0.368 e. The summed E-state index contributed by atoms with van der Waals surface area (Å²) in [6.07, 6.45) is 0.134. The Balaban J connectivity index is 1.51. The second kappa shape index (κ2) is 9.37. The molecule has 0 bridgehead atoms. The number of halogens is 1. The number of aryl methyl sites for hydroxylation is 3. The molecule has 0 unspecified atom stereocenters. The Morgan fingerprint density at radius 2 is 1.60 bits per heavy atom. The minimum Gasteiger partial charge on any atom is -0.368 e. The Labute approximate surface area is 183 Å². The molecule has 1 saturated heterocycles. The smallest absolute Gasteiger partial charge is 0.240 e. The predicted octanol–water partition coefficient (Wildman–Crippen LogP) is 3.28. The van der Waals surface area contributed by atoms with Crippen LogP contribution in [0.3, 0.4) is 0 Å². The highest BCUT2D eigenvalue weighted by Gasteiger charge is 2.23. The van der Waals surface area contributed by atoms with E-state index in [0.717, 1.165) is 13.1 Å². The number of carbonyl (C=O) groups excluding carboxylic acids is 1. The number of anilines is 1. The van der Waals surface area contributed by atoms with Crippen LogP contribution in [0.1, 0.15) is 23.1 Å². The topological polar surface area (TPSA) is 69.7 Å². The number of hydrogen-bond donors (Lipinski definition) is 1. The first-order chi connectivity index (χ1) is 14.2. The van der Waals surface area contributed by atoms with Crippen molar-refractivity contribution in [2.75, 3.05) is 37.6 Å². The molecule has 2 aromatic rings. The highest BCUT2D eigenvalue weighted by atomic mass is 35.5. The molecule has 0 atom stereocenters. The zero-order valence-corrected chi connectivity index (χ0v) is 19.2. The van der Waals surface area contributed by atoms with E-state index in [0.29, 0.717) is 29.2 Å². The van der Waals surface area contributed by atoms with Crippen LogP contribution in [-0.4, -0.2) is 51.9 Å². The molecule has 1 aliphatic heterocycles. The molecule has 0 radical (unpaired) electrons. The summed E-state index contributed by atoms with van der Waals surface area (Å²) in [5, 5.41) is 0.564. The summed E-state index contributed by atoms with van der Waals surface area (Å²) < 4.78 is 27.6. The fourth-order valence-electron chi connectivity index (χ4n) is 3.71. The SMILES string of the molecule is Cc1ccccc1N1CCN(C(=O)CCNS(=O)(=O)c2cc(C)c(Cl)c(C)c2)CC1. The van der Waals surface area contributed by atoms with Crippen molar-refractivity contribution in [3.05, 3.63) is 58.1 Å². The first kappa shape index (κ1) is 22.6. The lowest BCUT2D eigenvalue weighted by Gasteiger charge is -2.36. The fraction of sp³-hybridized carbons (Fsp3) is 0.409. The van der Waals surface area contributed by atoms with Crippen molar-refractivity contribution in [1.82, 2.24) is 9.62 Å². The minimum absolute atomic E-state index is 0.0365. The first-order valence-corrected chi connectivity index (χ1v) is 11.9. The molecule has 1 N–H and O–H groups in total. The van der Waals surface area contributed by atoms with E-state index in [9.17, 15) is 13.2 Å². The van der Waals surface area contributed by atoms with Crippen molar-refractivity contribution in [2.45, 2.75) is 32.1 Å². The highest BCUT2D eigenvalue weighted by Crippen LogP contribution is 2.24. The lowest BCUT2D eigenvalue weighted by Crippen LogP contribution is -2.49. The number of carbonyl (C=O) groups is 1. The summed E-state index contributed by atoms with van der Waals surface area (Å²) in [4.78, 5) is 16.8. The van der Waals surface area contributed by atoms with E-state index in [1.54, 1.807) is 30.9 Å². The van der Waals surface area contributed by atoms with Gasteiger partial charge in [0, 0.05) is 49.9 Å². The van der Waals surface area contributed by atoms with Crippen molar-refractivity contribution in [3.8, 4) is 0 Å². The zero-order valence-electron chi connectivity index (χ0n) is 17.6. The summed E-state index contributed by atoms with van der Waals surface area (Å²) in [5.41, 5.74) is 3.84. The van der Waals surface area contributed by atoms with Gasteiger partial charge in [0.05, 0.1) is 4.90 Å². The van der Waals surface area contributed by atoms with Gasteiger partial charge in [-0.15, -0.1) is 0 Å². The third-order valence-electron chi connectivity index (χ3n) is 5.44. The quantitative estimate of drug-likeness (QED) is 0.734. The van der Waals surface area contributed by atoms with Crippen LogP contribution in [0.25, 0.3) is 0 Å². The van der Waals surface area contributed by atoms with E-state index in [-0.39, 0.29) is 23.8 Å². The van der Waals surface area contributed by atoms with E-state index >= 15 is 0 Å². The number of hydrogen-bond acceptors (Lipinski definition) is 4. The Bertz CT molecular complexity index is 1010. The molecular weight excluding hydrogens is 422 g/mol. The predicted molar refractivity (Wildman–Crippen MR) is 121 cm³/mol. The van der Waals surface area contributed by atoms with Gasteiger partial charge < -0.3 is 9.80 Å². The molecule has 2 aromatic carbocycles. The number of benzene rings is 2. The van der Waals surface area contributed by atoms with Crippen molar-refractivity contribution < 1.29 is 13.2 Å². The summed E-state index contributed by atoms with van der Waals surface area (Å²) in [6.45, 7) is 8.51. The average molecular weight is 450 g/mol. The monoisotopic (exact) mass is 449 g/mol. The summed E-state index contributed by atoms with van der Waals surface area (Å²) in [6, 6.07) is 11.3. The molecule has 6 nitrogen and oxygen atoms in total. The maximum absolute atomic E-state index is 12.6. The molecule has 1 aliphatic rings. The van der Waals surface area contributed by atoms with E-state index in [1.807, 2.05) is 12.1 Å². The molecule has 8 heteroatoms. The van der Waals surface area contributed by atoms with Crippen molar-refractivity contribution >= 4 is 33.2 Å². The summed E-state index contributed by atoms with van der Waals surface area (Å²) in [5.74, 6) is -0.0365. The standard InChI is InChI=1S/C22H28ClN3O3S/c1-16-6-4-5-7-20(16)25-10-12-26(13-11-25)21(27)8-9-24-30(28,29)19-14-17(2)22(23)18(3)15-19/h4-7,14-15,24H,8-13H2,1-3H3. The number of rotatable bonds is 6. The van der Waals surface area contributed by atoms with Gasteiger partial charge in [-0.3, -0.25) is 4.79 Å². The van der Waals surface area contributed by atoms with Crippen LogP contribution < -0.4 is 9.62 Å². The van der Waals surface area contributed by atoms with E-state index in [2.05, 4.69) is 28.7 Å². The molecule has 1 fully saturated rings. The molecule has 30 heavy (non-hydrogen) atoms. The van der Waals surface area contributed by atoms with Gasteiger partial charge in [-0.1, -0.05) is 29.8 Å². The highest BCUT2D eigenvalue weighted by molar-refractivity contribution is 7.89. The molecule has 0 saturated carbocycles. The Morgan fingerprint density at radius 3 is 2.20 bits per heavy atom. The van der Waals surface area contributed by atoms with Crippen LogP contribution in [0.2, 0.25) is 5.02 Å². The van der Waals surface area contributed by atoms with Crippen LogP contribution in [0.4, 0.5) is 5.69 Å². The molecule has 0 aromatic heterocycles.